The van der Waals surface area contributed by atoms with E-state index in [4.69, 9.17) is 4.74 Å². The molecule has 5 nitrogen and oxygen atoms in total. The van der Waals surface area contributed by atoms with E-state index in [1.807, 2.05) is 0 Å². The second-order valence-electron chi connectivity index (χ2n) is 5.22. The SMILES string of the molecule is COc1ccc(CN(C)S(=O)(=O)c2ccccc2OC(F)(F)F)cc1F. The maximum absolute atomic E-state index is 13.7. The number of ether oxygens (including phenoxy) is 2. The third kappa shape index (κ3) is 4.64. The van der Waals surface area contributed by atoms with Gasteiger partial charge < -0.3 is 9.47 Å². The summed E-state index contributed by atoms with van der Waals surface area (Å²) < 4.78 is 85.8. The second-order valence-corrected chi connectivity index (χ2v) is 7.24. The molecule has 0 fully saturated rings. The molecule has 0 aromatic heterocycles. The molecule has 0 N–H and O–H groups in total. The molecule has 0 amide bonds. The summed E-state index contributed by atoms with van der Waals surface area (Å²) in [6, 6.07) is 8.26. The van der Waals surface area contributed by atoms with E-state index in [2.05, 4.69) is 4.74 Å². The quantitative estimate of drug-likeness (QED) is 0.705. The minimum atomic E-state index is -5.04. The van der Waals surface area contributed by atoms with Crippen molar-refractivity contribution in [1.82, 2.24) is 4.31 Å². The predicted molar refractivity (Wildman–Crippen MR) is 84.7 cm³/mol. The van der Waals surface area contributed by atoms with Crippen LogP contribution in [0.15, 0.2) is 47.4 Å². The minimum absolute atomic E-state index is 0.0109. The van der Waals surface area contributed by atoms with Gasteiger partial charge in [-0.25, -0.2) is 12.8 Å². The predicted octanol–water partition coefficient (Wildman–Crippen LogP) is 3.55. The molecule has 26 heavy (non-hydrogen) atoms. The van der Waals surface area contributed by atoms with Gasteiger partial charge in [0.1, 0.15) is 10.6 Å². The van der Waals surface area contributed by atoms with Crippen molar-refractivity contribution in [1.29, 1.82) is 0 Å². The molecule has 0 heterocycles. The first kappa shape index (κ1) is 20.0. The molecule has 0 aliphatic rings. The fourth-order valence-electron chi connectivity index (χ4n) is 2.19. The molecular formula is C16H15F4NO4S. The van der Waals surface area contributed by atoms with Gasteiger partial charge in [-0.1, -0.05) is 18.2 Å². The lowest BCUT2D eigenvalue weighted by molar-refractivity contribution is -0.275. The Kier molecular flexibility index (Phi) is 5.77. The van der Waals surface area contributed by atoms with Crippen LogP contribution in [-0.2, 0) is 16.6 Å². The van der Waals surface area contributed by atoms with Gasteiger partial charge in [0.25, 0.3) is 0 Å². The summed E-state index contributed by atoms with van der Waals surface area (Å²) in [5, 5.41) is 0. The lowest BCUT2D eigenvalue weighted by Crippen LogP contribution is -2.28. The van der Waals surface area contributed by atoms with Crippen LogP contribution in [-0.4, -0.2) is 33.2 Å². The van der Waals surface area contributed by atoms with E-state index in [0.717, 1.165) is 22.5 Å². The van der Waals surface area contributed by atoms with Gasteiger partial charge in [0.2, 0.25) is 10.0 Å². The highest BCUT2D eigenvalue weighted by atomic mass is 32.2. The Labute approximate surface area is 147 Å². The number of para-hydroxylation sites is 1. The Morgan fingerprint density at radius 3 is 2.31 bits per heavy atom. The van der Waals surface area contributed by atoms with Gasteiger partial charge in [0, 0.05) is 13.6 Å². The van der Waals surface area contributed by atoms with E-state index in [0.29, 0.717) is 5.56 Å². The van der Waals surface area contributed by atoms with Gasteiger partial charge in [-0.05, 0) is 29.8 Å². The number of halogens is 4. The minimum Gasteiger partial charge on any atom is -0.494 e. The lowest BCUT2D eigenvalue weighted by Gasteiger charge is -2.20. The zero-order valence-electron chi connectivity index (χ0n) is 13.7. The molecule has 0 atom stereocenters. The summed E-state index contributed by atoms with van der Waals surface area (Å²) in [7, 11) is -1.86. The molecule has 10 heteroatoms. The molecule has 0 saturated carbocycles. The maximum atomic E-state index is 13.7. The number of benzene rings is 2. The topological polar surface area (TPSA) is 55.8 Å². The van der Waals surface area contributed by atoms with Gasteiger partial charge in [-0.15, -0.1) is 13.2 Å². The van der Waals surface area contributed by atoms with E-state index >= 15 is 0 Å². The van der Waals surface area contributed by atoms with Gasteiger partial charge in [-0.2, -0.15) is 4.31 Å². The average Bonchev–Trinajstić information content (AvgIpc) is 2.53. The van der Waals surface area contributed by atoms with E-state index < -0.39 is 32.8 Å². The summed E-state index contributed by atoms with van der Waals surface area (Å²) in [4.78, 5) is -0.645. The van der Waals surface area contributed by atoms with Crippen LogP contribution in [0.5, 0.6) is 11.5 Å². The zero-order valence-corrected chi connectivity index (χ0v) is 14.6. The van der Waals surface area contributed by atoms with Gasteiger partial charge in [0.15, 0.2) is 11.6 Å². The van der Waals surface area contributed by atoms with Crippen molar-refractivity contribution in [3.63, 3.8) is 0 Å². The first-order valence-electron chi connectivity index (χ1n) is 7.18. The molecule has 0 bridgehead atoms. The number of methoxy groups -OCH3 is 1. The first-order valence-corrected chi connectivity index (χ1v) is 8.62. The Hall–Kier alpha value is -2.33. The number of alkyl halides is 3. The average molecular weight is 393 g/mol. The Balaban J connectivity index is 2.31. The van der Waals surface area contributed by atoms with E-state index in [1.54, 1.807) is 0 Å². The van der Waals surface area contributed by atoms with E-state index in [-0.39, 0.29) is 12.3 Å². The highest BCUT2D eigenvalue weighted by Crippen LogP contribution is 2.31. The van der Waals surface area contributed by atoms with Crippen LogP contribution in [0.2, 0.25) is 0 Å². The van der Waals surface area contributed by atoms with E-state index in [9.17, 15) is 26.0 Å². The number of hydrogen-bond acceptors (Lipinski definition) is 4. The van der Waals surface area contributed by atoms with Crippen molar-refractivity contribution in [2.24, 2.45) is 0 Å². The van der Waals surface area contributed by atoms with Crippen LogP contribution < -0.4 is 9.47 Å². The summed E-state index contributed by atoms with van der Waals surface area (Å²) in [6.07, 6.45) is -5.04. The zero-order chi connectivity index (χ0) is 19.5. The maximum Gasteiger partial charge on any atom is 0.573 e. The molecule has 0 aliphatic carbocycles. The standard InChI is InChI=1S/C16H15F4NO4S/c1-21(10-11-7-8-13(24-2)12(17)9-11)26(22,23)15-6-4-3-5-14(15)25-16(18,19)20/h3-9H,10H2,1-2H3. The molecule has 2 aromatic rings. The van der Waals surface area contributed by atoms with Crippen LogP contribution >= 0.6 is 0 Å². The van der Waals surface area contributed by atoms with Gasteiger partial charge in [-0.3, -0.25) is 0 Å². The largest absolute Gasteiger partial charge is 0.573 e. The highest BCUT2D eigenvalue weighted by molar-refractivity contribution is 7.89. The number of hydrogen-bond donors (Lipinski definition) is 0. The van der Waals surface area contributed by atoms with Crippen molar-refractivity contribution < 1.29 is 35.5 Å². The Bertz CT molecular complexity index is 884. The van der Waals surface area contributed by atoms with Crippen LogP contribution in [0.1, 0.15) is 5.56 Å². The molecule has 2 aromatic carbocycles. The summed E-state index contributed by atoms with van der Waals surface area (Å²) in [6.45, 7) is -0.260. The third-order valence-electron chi connectivity index (χ3n) is 3.38. The summed E-state index contributed by atoms with van der Waals surface area (Å²) in [5.74, 6) is -1.53. The van der Waals surface area contributed by atoms with Crippen molar-refractivity contribution in [3.8, 4) is 11.5 Å². The van der Waals surface area contributed by atoms with Gasteiger partial charge >= 0.3 is 6.36 Å². The van der Waals surface area contributed by atoms with Crippen molar-refractivity contribution in [2.75, 3.05) is 14.2 Å². The summed E-state index contributed by atoms with van der Waals surface area (Å²) in [5.41, 5.74) is 0.295. The smallest absolute Gasteiger partial charge is 0.494 e. The highest BCUT2D eigenvalue weighted by Gasteiger charge is 2.34. The molecule has 0 aliphatic heterocycles. The van der Waals surface area contributed by atoms with Crippen LogP contribution in [0.3, 0.4) is 0 Å². The first-order chi connectivity index (χ1) is 12.0. The Morgan fingerprint density at radius 1 is 1.08 bits per heavy atom. The Morgan fingerprint density at radius 2 is 1.73 bits per heavy atom. The molecule has 0 spiro atoms. The van der Waals surface area contributed by atoms with Gasteiger partial charge in [0.05, 0.1) is 7.11 Å². The molecule has 0 unspecified atom stereocenters. The molecule has 142 valence electrons. The number of rotatable bonds is 6. The fourth-order valence-corrected chi connectivity index (χ4v) is 3.46. The van der Waals surface area contributed by atoms with Crippen LogP contribution in [0, 0.1) is 5.82 Å². The normalized spacial score (nSPS) is 12.3. The fraction of sp³-hybridized carbons (Fsp3) is 0.250. The second kappa shape index (κ2) is 7.50. The molecule has 0 saturated heterocycles. The van der Waals surface area contributed by atoms with Crippen LogP contribution in [0.25, 0.3) is 0 Å². The number of sulfonamides is 1. The van der Waals surface area contributed by atoms with Crippen molar-refractivity contribution in [2.45, 2.75) is 17.8 Å². The van der Waals surface area contributed by atoms with Crippen molar-refractivity contribution >= 4 is 10.0 Å². The van der Waals surface area contributed by atoms with Crippen LogP contribution in [0.4, 0.5) is 17.6 Å². The lowest BCUT2D eigenvalue weighted by atomic mass is 10.2. The number of nitrogens with zero attached hydrogens (tertiary/aromatic N) is 1. The molecular weight excluding hydrogens is 378 g/mol. The third-order valence-corrected chi connectivity index (χ3v) is 5.23. The molecule has 2 rings (SSSR count). The monoisotopic (exact) mass is 393 g/mol. The van der Waals surface area contributed by atoms with Crippen molar-refractivity contribution in [3.05, 3.63) is 53.8 Å². The summed E-state index contributed by atoms with van der Waals surface area (Å²) >= 11 is 0. The van der Waals surface area contributed by atoms with E-state index in [1.165, 1.54) is 38.4 Å². The molecule has 0 radical (unpaired) electrons.